The molecular formula is C25H24F3NO5. The third-order valence-corrected chi connectivity index (χ3v) is 5.53. The summed E-state index contributed by atoms with van der Waals surface area (Å²) in [5, 5.41) is 13.5. The van der Waals surface area contributed by atoms with E-state index in [0.717, 1.165) is 17.5 Å². The summed E-state index contributed by atoms with van der Waals surface area (Å²) < 4.78 is 49.6. The van der Waals surface area contributed by atoms with Gasteiger partial charge < -0.3 is 19.9 Å². The lowest BCUT2D eigenvalue weighted by Crippen LogP contribution is -2.55. The van der Waals surface area contributed by atoms with E-state index in [1.165, 1.54) is 39.2 Å². The molecule has 3 aromatic carbocycles. The van der Waals surface area contributed by atoms with Gasteiger partial charge in [-0.1, -0.05) is 42.5 Å². The van der Waals surface area contributed by atoms with Crippen molar-refractivity contribution in [2.45, 2.75) is 38.3 Å². The van der Waals surface area contributed by atoms with Crippen molar-refractivity contribution in [1.82, 2.24) is 5.32 Å². The van der Waals surface area contributed by atoms with E-state index in [-0.39, 0.29) is 17.9 Å². The molecule has 0 fully saturated rings. The number of nitrogens with one attached hydrogen (secondary N) is 1. The Kier molecular flexibility index (Phi) is 7.16. The summed E-state index contributed by atoms with van der Waals surface area (Å²) in [7, 11) is 1.34. The number of carbonyl (C=O) groups is 2. The number of carbonyl (C=O) groups excluding carboxylic acids is 1. The average Bonchev–Trinajstić information content (AvgIpc) is 2.80. The zero-order valence-corrected chi connectivity index (χ0v) is 18.8. The molecule has 1 atom stereocenters. The summed E-state index contributed by atoms with van der Waals surface area (Å²) in [6.07, 6.45) is -4.45. The molecule has 0 spiro atoms. The van der Waals surface area contributed by atoms with Crippen LogP contribution in [0.3, 0.4) is 0 Å². The quantitative estimate of drug-likeness (QED) is 0.477. The molecule has 34 heavy (non-hydrogen) atoms. The van der Waals surface area contributed by atoms with Crippen molar-refractivity contribution in [2.24, 2.45) is 0 Å². The highest BCUT2D eigenvalue weighted by Gasteiger charge is 2.37. The molecule has 0 saturated carbocycles. The van der Waals surface area contributed by atoms with E-state index in [4.69, 9.17) is 9.47 Å². The van der Waals surface area contributed by atoms with Crippen molar-refractivity contribution in [3.05, 3.63) is 77.4 Å². The normalized spacial score (nSPS) is 12.9. The molecule has 0 aromatic heterocycles. The third kappa shape index (κ3) is 5.48. The van der Waals surface area contributed by atoms with E-state index < -0.39 is 35.3 Å². The molecule has 9 heteroatoms. The van der Waals surface area contributed by atoms with Crippen molar-refractivity contribution < 1.29 is 37.3 Å². The first-order chi connectivity index (χ1) is 15.9. The van der Waals surface area contributed by atoms with Gasteiger partial charge in [0.15, 0.2) is 6.04 Å². The van der Waals surface area contributed by atoms with Crippen LogP contribution in [0.25, 0.3) is 10.8 Å². The van der Waals surface area contributed by atoms with Gasteiger partial charge in [-0.2, -0.15) is 13.2 Å². The van der Waals surface area contributed by atoms with Gasteiger partial charge in [0.2, 0.25) is 0 Å². The number of methoxy groups -OCH3 is 1. The lowest BCUT2D eigenvalue weighted by molar-refractivity contribution is -0.146. The first kappa shape index (κ1) is 25.0. The Hall–Kier alpha value is -3.59. The van der Waals surface area contributed by atoms with Crippen molar-refractivity contribution >= 4 is 22.6 Å². The number of aliphatic carboxylic acids is 1. The van der Waals surface area contributed by atoms with Crippen LogP contribution in [0.5, 0.6) is 5.75 Å². The second-order valence-corrected chi connectivity index (χ2v) is 8.20. The summed E-state index contributed by atoms with van der Waals surface area (Å²) in [6, 6.07) is 13.5. The van der Waals surface area contributed by atoms with Crippen LogP contribution >= 0.6 is 0 Å². The van der Waals surface area contributed by atoms with E-state index in [0.29, 0.717) is 10.9 Å². The Morgan fingerprint density at radius 1 is 1.00 bits per heavy atom. The Morgan fingerprint density at radius 2 is 1.65 bits per heavy atom. The van der Waals surface area contributed by atoms with E-state index in [1.807, 2.05) is 12.1 Å². The molecule has 2 N–H and O–H groups in total. The zero-order chi connectivity index (χ0) is 25.1. The number of hydrogen-bond donors (Lipinski definition) is 2. The Morgan fingerprint density at radius 3 is 2.24 bits per heavy atom. The number of halogens is 3. The SMILES string of the molecule is COC(C)(C)[C@H](NC(=O)c1ccc2ccccc2c1OCc1ccc(C(F)(F)F)cc1)C(=O)O. The van der Waals surface area contributed by atoms with E-state index in [2.05, 4.69) is 5.32 Å². The molecule has 0 bridgehead atoms. The first-order valence-electron chi connectivity index (χ1n) is 10.3. The molecule has 0 unspecified atom stereocenters. The summed E-state index contributed by atoms with van der Waals surface area (Å²) in [4.78, 5) is 24.9. The minimum Gasteiger partial charge on any atom is -0.487 e. The number of benzene rings is 3. The summed E-state index contributed by atoms with van der Waals surface area (Å²) >= 11 is 0. The molecular weight excluding hydrogens is 451 g/mol. The number of carboxylic acids is 1. The zero-order valence-electron chi connectivity index (χ0n) is 18.8. The van der Waals surface area contributed by atoms with Crippen LogP contribution in [0.1, 0.15) is 35.3 Å². The number of amides is 1. The first-order valence-corrected chi connectivity index (χ1v) is 10.3. The average molecular weight is 475 g/mol. The molecule has 6 nitrogen and oxygen atoms in total. The van der Waals surface area contributed by atoms with Gasteiger partial charge in [0.1, 0.15) is 12.4 Å². The third-order valence-electron chi connectivity index (χ3n) is 5.53. The molecule has 3 rings (SSSR count). The number of rotatable bonds is 8. The molecule has 180 valence electrons. The lowest BCUT2D eigenvalue weighted by atomic mass is 9.97. The number of fused-ring (bicyclic) bond motifs is 1. The smallest absolute Gasteiger partial charge is 0.416 e. The van der Waals surface area contributed by atoms with Gasteiger partial charge in [0, 0.05) is 12.5 Å². The number of carboxylic acid groups (broad SMARTS) is 1. The standard InChI is InChI=1S/C25H24F3NO5/c1-24(2,33-3)21(23(31)32)29-22(30)19-13-10-16-6-4-5-7-18(16)20(19)34-14-15-8-11-17(12-9-15)25(26,27)28/h4-13,21H,14H2,1-3H3,(H,29,30)(H,31,32)/t21-/m1/s1. The fraction of sp³-hybridized carbons (Fsp3) is 0.280. The van der Waals surface area contributed by atoms with Gasteiger partial charge in [0.25, 0.3) is 5.91 Å². The number of hydrogen-bond acceptors (Lipinski definition) is 4. The van der Waals surface area contributed by atoms with Gasteiger partial charge in [-0.25, -0.2) is 4.79 Å². The second kappa shape index (κ2) is 9.72. The predicted octanol–water partition coefficient (Wildman–Crippen LogP) is 5.05. The summed E-state index contributed by atoms with van der Waals surface area (Å²) in [6.45, 7) is 2.97. The molecule has 0 aliphatic heterocycles. The highest BCUT2D eigenvalue weighted by atomic mass is 19.4. The topological polar surface area (TPSA) is 84.9 Å². The molecule has 0 saturated heterocycles. The van der Waals surface area contributed by atoms with Gasteiger partial charge in [-0.05, 0) is 43.0 Å². The molecule has 0 aliphatic rings. The number of alkyl halides is 3. The highest BCUT2D eigenvalue weighted by Crippen LogP contribution is 2.32. The number of ether oxygens (including phenoxy) is 2. The monoisotopic (exact) mass is 475 g/mol. The van der Waals surface area contributed by atoms with E-state index >= 15 is 0 Å². The van der Waals surface area contributed by atoms with Crippen LogP contribution in [-0.4, -0.2) is 35.7 Å². The minimum absolute atomic E-state index is 0.0868. The summed E-state index contributed by atoms with van der Waals surface area (Å²) in [5.74, 6) is -1.77. The minimum atomic E-state index is -4.45. The molecule has 1 amide bonds. The lowest BCUT2D eigenvalue weighted by Gasteiger charge is -2.30. The van der Waals surface area contributed by atoms with Gasteiger partial charge >= 0.3 is 12.1 Å². The van der Waals surface area contributed by atoms with Crippen molar-refractivity contribution in [2.75, 3.05) is 7.11 Å². The molecule has 0 aliphatic carbocycles. The van der Waals surface area contributed by atoms with Crippen LogP contribution in [-0.2, 0) is 22.3 Å². The predicted molar refractivity (Wildman–Crippen MR) is 120 cm³/mol. The molecule has 0 radical (unpaired) electrons. The maximum atomic E-state index is 13.1. The van der Waals surface area contributed by atoms with Crippen molar-refractivity contribution in [3.8, 4) is 5.75 Å². The molecule has 3 aromatic rings. The largest absolute Gasteiger partial charge is 0.487 e. The van der Waals surface area contributed by atoms with Gasteiger partial charge in [0.05, 0.1) is 16.7 Å². The van der Waals surface area contributed by atoms with Crippen LogP contribution in [0.4, 0.5) is 13.2 Å². The van der Waals surface area contributed by atoms with Gasteiger partial charge in [-0.15, -0.1) is 0 Å². The Bertz CT molecular complexity index is 1190. The van der Waals surface area contributed by atoms with Crippen LogP contribution < -0.4 is 10.1 Å². The van der Waals surface area contributed by atoms with Crippen LogP contribution in [0.15, 0.2) is 60.7 Å². The maximum Gasteiger partial charge on any atom is 0.416 e. The van der Waals surface area contributed by atoms with Crippen molar-refractivity contribution in [1.29, 1.82) is 0 Å². The fourth-order valence-corrected chi connectivity index (χ4v) is 3.38. The van der Waals surface area contributed by atoms with E-state index in [1.54, 1.807) is 18.2 Å². The molecule has 0 heterocycles. The van der Waals surface area contributed by atoms with Crippen LogP contribution in [0, 0.1) is 0 Å². The fourth-order valence-electron chi connectivity index (χ4n) is 3.38. The Labute approximate surface area is 194 Å². The second-order valence-electron chi connectivity index (χ2n) is 8.20. The Balaban J connectivity index is 1.94. The summed E-state index contributed by atoms with van der Waals surface area (Å²) in [5.41, 5.74) is -1.42. The maximum absolute atomic E-state index is 13.1. The van der Waals surface area contributed by atoms with Gasteiger partial charge in [-0.3, -0.25) is 4.79 Å². The van der Waals surface area contributed by atoms with E-state index in [9.17, 15) is 27.9 Å². The highest BCUT2D eigenvalue weighted by molar-refractivity contribution is 6.05. The van der Waals surface area contributed by atoms with Crippen molar-refractivity contribution in [3.63, 3.8) is 0 Å². The van der Waals surface area contributed by atoms with Crippen LogP contribution in [0.2, 0.25) is 0 Å².